The molecule has 0 bridgehead atoms. The van der Waals surface area contributed by atoms with Crippen molar-refractivity contribution >= 4 is 6.09 Å². The van der Waals surface area contributed by atoms with Crippen LogP contribution in [0.2, 0.25) is 0 Å². The van der Waals surface area contributed by atoms with E-state index in [1.807, 2.05) is 20.8 Å². The Bertz CT molecular complexity index is 296. The Kier molecular flexibility index (Phi) is 6.76. The minimum Gasteiger partial charge on any atom is -0.444 e. The molecule has 0 saturated carbocycles. The van der Waals surface area contributed by atoms with Crippen molar-refractivity contribution < 1.29 is 14.3 Å². The van der Waals surface area contributed by atoms with Gasteiger partial charge < -0.3 is 19.7 Å². The predicted octanol–water partition coefficient (Wildman–Crippen LogP) is 2.12. The fraction of sp³-hybridized carbons (Fsp3) is 0.933. The molecule has 0 spiro atoms. The zero-order valence-electron chi connectivity index (χ0n) is 13.6. The quantitative estimate of drug-likeness (QED) is 0.812. The van der Waals surface area contributed by atoms with Gasteiger partial charge in [0, 0.05) is 26.7 Å². The summed E-state index contributed by atoms with van der Waals surface area (Å²) in [7, 11) is 1.79. The highest BCUT2D eigenvalue weighted by molar-refractivity contribution is 5.67. The fourth-order valence-electron chi connectivity index (χ4n) is 2.22. The van der Waals surface area contributed by atoms with E-state index in [1.54, 1.807) is 11.9 Å². The topological polar surface area (TPSA) is 50.8 Å². The van der Waals surface area contributed by atoms with Gasteiger partial charge in [-0.3, -0.25) is 0 Å². The standard InChI is InChI=1S/C15H30N2O3/c1-12(8-16-9-13-6-7-19-11-13)10-17(5)14(18)20-15(2,3)4/h12-13,16H,6-11H2,1-5H3. The first-order valence-corrected chi connectivity index (χ1v) is 7.50. The van der Waals surface area contributed by atoms with Crippen LogP contribution in [-0.4, -0.2) is 56.5 Å². The Hall–Kier alpha value is -0.810. The summed E-state index contributed by atoms with van der Waals surface area (Å²) in [6.45, 7) is 12.2. The minimum atomic E-state index is -0.435. The van der Waals surface area contributed by atoms with Crippen molar-refractivity contribution in [3.63, 3.8) is 0 Å². The van der Waals surface area contributed by atoms with E-state index in [4.69, 9.17) is 9.47 Å². The molecule has 1 N–H and O–H groups in total. The van der Waals surface area contributed by atoms with Gasteiger partial charge in [0.05, 0.1) is 6.61 Å². The second kappa shape index (κ2) is 7.84. The molecule has 0 aliphatic carbocycles. The monoisotopic (exact) mass is 286 g/mol. The first kappa shape index (κ1) is 17.2. The molecule has 1 aliphatic rings. The Morgan fingerprint density at radius 3 is 2.75 bits per heavy atom. The summed E-state index contributed by atoms with van der Waals surface area (Å²) in [4.78, 5) is 13.5. The average molecular weight is 286 g/mol. The minimum absolute atomic E-state index is 0.256. The van der Waals surface area contributed by atoms with E-state index in [0.717, 1.165) is 32.7 Å². The number of nitrogens with zero attached hydrogens (tertiary/aromatic N) is 1. The van der Waals surface area contributed by atoms with Crippen LogP contribution in [-0.2, 0) is 9.47 Å². The van der Waals surface area contributed by atoms with E-state index >= 15 is 0 Å². The van der Waals surface area contributed by atoms with Gasteiger partial charge in [0.1, 0.15) is 5.60 Å². The molecular formula is C15H30N2O3. The maximum Gasteiger partial charge on any atom is 0.410 e. The summed E-state index contributed by atoms with van der Waals surface area (Å²) < 4.78 is 10.7. The molecular weight excluding hydrogens is 256 g/mol. The molecule has 2 unspecified atom stereocenters. The van der Waals surface area contributed by atoms with Crippen molar-refractivity contribution in [2.45, 2.75) is 39.7 Å². The second-order valence-electron chi connectivity index (χ2n) is 6.85. The third-order valence-corrected chi connectivity index (χ3v) is 3.24. The maximum atomic E-state index is 11.8. The van der Waals surface area contributed by atoms with E-state index in [-0.39, 0.29) is 6.09 Å². The molecule has 0 aromatic rings. The number of rotatable bonds is 6. The zero-order chi connectivity index (χ0) is 15.2. The van der Waals surface area contributed by atoms with Gasteiger partial charge in [0.15, 0.2) is 0 Å². The largest absolute Gasteiger partial charge is 0.444 e. The summed E-state index contributed by atoms with van der Waals surface area (Å²) in [5.74, 6) is 1.04. The van der Waals surface area contributed by atoms with Crippen molar-refractivity contribution in [1.82, 2.24) is 10.2 Å². The average Bonchev–Trinajstić information content (AvgIpc) is 2.79. The first-order valence-electron chi connectivity index (χ1n) is 7.50. The lowest BCUT2D eigenvalue weighted by molar-refractivity contribution is 0.0277. The maximum absolute atomic E-state index is 11.8. The van der Waals surface area contributed by atoms with Gasteiger partial charge >= 0.3 is 6.09 Å². The summed E-state index contributed by atoms with van der Waals surface area (Å²) in [5, 5.41) is 3.46. The van der Waals surface area contributed by atoms with Gasteiger partial charge in [-0.1, -0.05) is 6.92 Å². The molecule has 5 nitrogen and oxygen atoms in total. The molecule has 1 amide bonds. The molecule has 1 heterocycles. The van der Waals surface area contributed by atoms with E-state index in [9.17, 15) is 4.79 Å². The molecule has 0 radical (unpaired) electrons. The number of ether oxygens (including phenoxy) is 2. The molecule has 1 aliphatic heterocycles. The fourth-order valence-corrected chi connectivity index (χ4v) is 2.22. The summed E-state index contributed by atoms with van der Waals surface area (Å²) >= 11 is 0. The van der Waals surface area contributed by atoms with Gasteiger partial charge in [0.25, 0.3) is 0 Å². The second-order valence-corrected chi connectivity index (χ2v) is 6.85. The molecule has 1 fully saturated rings. The third kappa shape index (κ3) is 7.10. The summed E-state index contributed by atoms with van der Waals surface area (Å²) in [6.07, 6.45) is 0.896. The highest BCUT2D eigenvalue weighted by Crippen LogP contribution is 2.11. The van der Waals surface area contributed by atoms with Crippen molar-refractivity contribution in [1.29, 1.82) is 0 Å². The number of amides is 1. The molecule has 20 heavy (non-hydrogen) atoms. The Balaban J connectivity index is 2.16. The predicted molar refractivity (Wildman–Crippen MR) is 79.8 cm³/mol. The van der Waals surface area contributed by atoms with Crippen LogP contribution in [0, 0.1) is 11.8 Å². The van der Waals surface area contributed by atoms with Gasteiger partial charge in [-0.05, 0) is 45.6 Å². The van der Waals surface area contributed by atoms with Crippen LogP contribution in [0.5, 0.6) is 0 Å². The van der Waals surface area contributed by atoms with Crippen LogP contribution in [0.15, 0.2) is 0 Å². The highest BCUT2D eigenvalue weighted by atomic mass is 16.6. The zero-order valence-corrected chi connectivity index (χ0v) is 13.6. The Labute approximate surface area is 123 Å². The normalized spacial score (nSPS) is 20.8. The van der Waals surface area contributed by atoms with Gasteiger partial charge in [-0.25, -0.2) is 4.79 Å². The lowest BCUT2D eigenvalue weighted by Crippen LogP contribution is -2.39. The van der Waals surface area contributed by atoms with Crippen molar-refractivity contribution in [2.75, 3.05) is 39.9 Å². The van der Waals surface area contributed by atoms with Gasteiger partial charge in [-0.15, -0.1) is 0 Å². The van der Waals surface area contributed by atoms with Crippen LogP contribution in [0.25, 0.3) is 0 Å². The lowest BCUT2D eigenvalue weighted by atomic mass is 10.1. The Morgan fingerprint density at radius 2 is 2.20 bits per heavy atom. The molecule has 2 atom stereocenters. The highest BCUT2D eigenvalue weighted by Gasteiger charge is 2.21. The molecule has 5 heteroatoms. The summed E-state index contributed by atoms with van der Waals surface area (Å²) in [6, 6.07) is 0. The van der Waals surface area contributed by atoms with E-state index < -0.39 is 5.60 Å². The number of hydrogen-bond acceptors (Lipinski definition) is 4. The molecule has 118 valence electrons. The summed E-state index contributed by atoms with van der Waals surface area (Å²) in [5.41, 5.74) is -0.435. The van der Waals surface area contributed by atoms with Crippen LogP contribution < -0.4 is 5.32 Å². The van der Waals surface area contributed by atoms with Crippen LogP contribution in [0.3, 0.4) is 0 Å². The van der Waals surface area contributed by atoms with Crippen LogP contribution >= 0.6 is 0 Å². The van der Waals surface area contributed by atoms with E-state index in [0.29, 0.717) is 18.4 Å². The first-order chi connectivity index (χ1) is 9.28. The van der Waals surface area contributed by atoms with E-state index in [2.05, 4.69) is 12.2 Å². The number of carbonyl (C=O) groups excluding carboxylic acids is 1. The SMILES string of the molecule is CC(CNCC1CCOC1)CN(C)C(=O)OC(C)(C)C. The number of carbonyl (C=O) groups is 1. The smallest absolute Gasteiger partial charge is 0.410 e. The van der Waals surface area contributed by atoms with Crippen molar-refractivity contribution in [2.24, 2.45) is 11.8 Å². The van der Waals surface area contributed by atoms with Gasteiger partial charge in [0.2, 0.25) is 0 Å². The van der Waals surface area contributed by atoms with Crippen molar-refractivity contribution in [3.05, 3.63) is 0 Å². The number of hydrogen-bond donors (Lipinski definition) is 1. The van der Waals surface area contributed by atoms with E-state index in [1.165, 1.54) is 0 Å². The third-order valence-electron chi connectivity index (χ3n) is 3.24. The molecule has 1 saturated heterocycles. The lowest BCUT2D eigenvalue weighted by Gasteiger charge is -2.26. The molecule has 0 aromatic carbocycles. The Morgan fingerprint density at radius 1 is 1.50 bits per heavy atom. The number of nitrogens with one attached hydrogen (secondary N) is 1. The van der Waals surface area contributed by atoms with Crippen molar-refractivity contribution in [3.8, 4) is 0 Å². The van der Waals surface area contributed by atoms with Gasteiger partial charge in [-0.2, -0.15) is 0 Å². The molecule has 0 aromatic heterocycles. The van der Waals surface area contributed by atoms with Crippen LogP contribution in [0.4, 0.5) is 4.79 Å². The van der Waals surface area contributed by atoms with Crippen LogP contribution in [0.1, 0.15) is 34.1 Å². The molecule has 1 rings (SSSR count).